The highest BCUT2D eigenvalue weighted by Crippen LogP contribution is 2.30. The van der Waals surface area contributed by atoms with Crippen LogP contribution in [0.15, 0.2) is 52.2 Å². The van der Waals surface area contributed by atoms with Gasteiger partial charge in [-0.05, 0) is 73.5 Å². The Hall–Kier alpha value is -2.64. The summed E-state index contributed by atoms with van der Waals surface area (Å²) in [5.74, 6) is 0.602. The number of aromatic amines is 1. The number of hydrogen-bond acceptors (Lipinski definition) is 4. The summed E-state index contributed by atoms with van der Waals surface area (Å²) < 4.78 is 34.1. The Morgan fingerprint density at radius 3 is 2.38 bits per heavy atom. The molecule has 1 aromatic heterocycles. The topological polar surface area (TPSA) is 79.5 Å². The van der Waals surface area contributed by atoms with Crippen LogP contribution >= 0.6 is 0 Å². The van der Waals surface area contributed by atoms with Crippen LogP contribution in [-0.4, -0.2) is 30.9 Å². The zero-order valence-electron chi connectivity index (χ0n) is 18.8. The number of ether oxygens (including phenoxy) is 1. The van der Waals surface area contributed by atoms with E-state index in [2.05, 4.69) is 4.98 Å². The van der Waals surface area contributed by atoms with E-state index >= 15 is 0 Å². The number of sulfonamides is 1. The Kier molecular flexibility index (Phi) is 6.40. The minimum atomic E-state index is -3.78. The summed E-state index contributed by atoms with van der Waals surface area (Å²) in [6.45, 7) is 4.04. The molecule has 7 heteroatoms. The molecule has 170 valence electrons. The second-order valence-corrected chi connectivity index (χ2v) is 10.5. The summed E-state index contributed by atoms with van der Waals surface area (Å²) in [5.41, 5.74) is 3.16. The molecule has 3 aromatic rings. The number of H-pyrrole nitrogens is 1. The molecule has 0 amide bonds. The van der Waals surface area contributed by atoms with E-state index < -0.39 is 10.0 Å². The third-order valence-electron chi connectivity index (χ3n) is 6.60. The molecule has 0 saturated heterocycles. The van der Waals surface area contributed by atoms with Gasteiger partial charge in [-0.3, -0.25) is 4.79 Å². The molecule has 1 heterocycles. The van der Waals surface area contributed by atoms with Crippen LogP contribution in [0, 0.1) is 13.8 Å². The number of pyridine rings is 1. The Morgan fingerprint density at radius 1 is 1.03 bits per heavy atom. The number of fused-ring (bicyclic) bond motifs is 1. The van der Waals surface area contributed by atoms with Gasteiger partial charge in [-0.1, -0.05) is 31.4 Å². The number of rotatable bonds is 6. The van der Waals surface area contributed by atoms with Crippen molar-refractivity contribution in [3.63, 3.8) is 0 Å². The first-order valence-electron chi connectivity index (χ1n) is 11.1. The van der Waals surface area contributed by atoms with E-state index in [1.165, 1.54) is 4.31 Å². The van der Waals surface area contributed by atoms with Crippen molar-refractivity contribution in [1.29, 1.82) is 0 Å². The predicted octanol–water partition coefficient (Wildman–Crippen LogP) is 4.68. The van der Waals surface area contributed by atoms with Crippen molar-refractivity contribution in [1.82, 2.24) is 9.29 Å². The average Bonchev–Trinajstić information content (AvgIpc) is 2.81. The summed E-state index contributed by atoms with van der Waals surface area (Å²) in [4.78, 5) is 16.2. The maximum absolute atomic E-state index is 13.7. The zero-order valence-corrected chi connectivity index (χ0v) is 19.7. The molecule has 1 aliphatic rings. The maximum atomic E-state index is 13.7. The molecule has 0 aliphatic heterocycles. The molecule has 0 bridgehead atoms. The first-order chi connectivity index (χ1) is 15.3. The van der Waals surface area contributed by atoms with Gasteiger partial charge in [0, 0.05) is 18.2 Å². The lowest BCUT2D eigenvalue weighted by atomic mass is 9.95. The fourth-order valence-electron chi connectivity index (χ4n) is 4.52. The zero-order chi connectivity index (χ0) is 22.9. The van der Waals surface area contributed by atoms with Gasteiger partial charge in [0.2, 0.25) is 10.0 Å². The van der Waals surface area contributed by atoms with Gasteiger partial charge in [0.15, 0.2) is 0 Å². The number of nitrogens with one attached hydrogen (secondary N) is 1. The lowest BCUT2D eigenvalue weighted by molar-refractivity contribution is 0.247. The fraction of sp³-hybridized carbons (Fsp3) is 0.400. The molecule has 1 fully saturated rings. The Bertz CT molecular complexity index is 1270. The maximum Gasteiger partial charge on any atom is 0.252 e. The van der Waals surface area contributed by atoms with Crippen molar-refractivity contribution >= 4 is 20.9 Å². The summed E-state index contributed by atoms with van der Waals surface area (Å²) in [6.07, 6.45) is 4.71. The molecule has 1 saturated carbocycles. The Labute approximate surface area is 189 Å². The molecule has 1 N–H and O–H groups in total. The van der Waals surface area contributed by atoms with E-state index in [0.717, 1.165) is 54.1 Å². The van der Waals surface area contributed by atoms with Crippen LogP contribution in [0.2, 0.25) is 0 Å². The third kappa shape index (κ3) is 4.32. The van der Waals surface area contributed by atoms with Crippen LogP contribution in [0.5, 0.6) is 5.75 Å². The largest absolute Gasteiger partial charge is 0.497 e. The van der Waals surface area contributed by atoms with E-state index in [0.29, 0.717) is 11.3 Å². The molecular weight excluding hydrogens is 424 g/mol. The molecule has 2 aromatic carbocycles. The van der Waals surface area contributed by atoms with E-state index in [1.807, 2.05) is 32.0 Å². The number of nitrogens with zero attached hydrogens (tertiary/aromatic N) is 1. The SMILES string of the molecule is COc1ccc(S(=O)(=O)N(Cc2cc3ccc(C)c(C)c3[nH]c2=O)C2CCCCC2)cc1. The molecule has 0 radical (unpaired) electrons. The Morgan fingerprint density at radius 2 is 1.72 bits per heavy atom. The van der Waals surface area contributed by atoms with Crippen molar-refractivity contribution in [3.8, 4) is 5.75 Å². The van der Waals surface area contributed by atoms with Crippen LogP contribution in [0.25, 0.3) is 10.9 Å². The molecule has 0 spiro atoms. The molecule has 32 heavy (non-hydrogen) atoms. The second kappa shape index (κ2) is 9.08. The first kappa shape index (κ1) is 22.6. The summed E-state index contributed by atoms with van der Waals surface area (Å²) in [5, 5.41) is 0.910. The second-order valence-electron chi connectivity index (χ2n) is 8.61. The van der Waals surface area contributed by atoms with Crippen molar-refractivity contribution in [3.05, 3.63) is 69.5 Å². The van der Waals surface area contributed by atoms with Gasteiger partial charge in [0.05, 0.1) is 17.5 Å². The van der Waals surface area contributed by atoms with Crippen LogP contribution in [-0.2, 0) is 16.6 Å². The van der Waals surface area contributed by atoms with Crippen LogP contribution < -0.4 is 10.3 Å². The standard InChI is InChI=1S/C25H30N2O4S/c1-17-9-10-19-15-20(25(28)26-24(19)18(17)2)16-27(21-7-5-4-6-8-21)32(29,30)23-13-11-22(31-3)12-14-23/h9-15,21H,4-8,16H2,1-3H3,(H,26,28). The minimum absolute atomic E-state index is 0.0528. The van der Waals surface area contributed by atoms with Crippen LogP contribution in [0.3, 0.4) is 0 Å². The number of aromatic nitrogens is 1. The molecule has 6 nitrogen and oxygen atoms in total. The van der Waals surface area contributed by atoms with Gasteiger partial charge in [0.1, 0.15) is 5.75 Å². The van der Waals surface area contributed by atoms with E-state index in [9.17, 15) is 13.2 Å². The number of methoxy groups -OCH3 is 1. The first-order valence-corrected chi connectivity index (χ1v) is 12.5. The highest BCUT2D eigenvalue weighted by Gasteiger charge is 2.33. The molecule has 0 atom stereocenters. The van der Waals surface area contributed by atoms with Gasteiger partial charge in [-0.25, -0.2) is 8.42 Å². The highest BCUT2D eigenvalue weighted by atomic mass is 32.2. The number of benzene rings is 2. The third-order valence-corrected chi connectivity index (χ3v) is 8.51. The lowest BCUT2D eigenvalue weighted by Crippen LogP contribution is -2.42. The van der Waals surface area contributed by atoms with E-state index in [1.54, 1.807) is 31.4 Å². The van der Waals surface area contributed by atoms with Crippen molar-refractivity contribution in [2.24, 2.45) is 0 Å². The number of aryl methyl sites for hydroxylation is 2. The Balaban J connectivity index is 1.76. The van der Waals surface area contributed by atoms with Gasteiger partial charge in [-0.2, -0.15) is 4.31 Å². The van der Waals surface area contributed by atoms with E-state index in [-0.39, 0.29) is 23.0 Å². The molecule has 4 rings (SSSR count). The quantitative estimate of drug-likeness (QED) is 0.587. The smallest absolute Gasteiger partial charge is 0.252 e. The number of hydrogen-bond donors (Lipinski definition) is 1. The molecule has 1 aliphatic carbocycles. The van der Waals surface area contributed by atoms with Gasteiger partial charge >= 0.3 is 0 Å². The van der Waals surface area contributed by atoms with Crippen molar-refractivity contribution in [2.75, 3.05) is 7.11 Å². The fourth-order valence-corrected chi connectivity index (χ4v) is 6.18. The van der Waals surface area contributed by atoms with Crippen LogP contribution in [0.4, 0.5) is 0 Å². The molecule has 0 unspecified atom stereocenters. The van der Waals surface area contributed by atoms with E-state index in [4.69, 9.17) is 4.74 Å². The molecular formula is C25H30N2O4S. The van der Waals surface area contributed by atoms with Crippen molar-refractivity contribution in [2.45, 2.75) is 63.4 Å². The van der Waals surface area contributed by atoms with Gasteiger partial charge in [0.25, 0.3) is 5.56 Å². The lowest BCUT2D eigenvalue weighted by Gasteiger charge is -2.33. The van der Waals surface area contributed by atoms with Gasteiger partial charge < -0.3 is 9.72 Å². The predicted molar refractivity (Wildman–Crippen MR) is 127 cm³/mol. The highest BCUT2D eigenvalue weighted by molar-refractivity contribution is 7.89. The summed E-state index contributed by atoms with van der Waals surface area (Å²) in [7, 11) is -2.24. The normalized spacial score (nSPS) is 15.4. The average molecular weight is 455 g/mol. The summed E-state index contributed by atoms with van der Waals surface area (Å²) >= 11 is 0. The summed E-state index contributed by atoms with van der Waals surface area (Å²) in [6, 6.07) is 12.2. The van der Waals surface area contributed by atoms with Gasteiger partial charge in [-0.15, -0.1) is 0 Å². The van der Waals surface area contributed by atoms with Crippen molar-refractivity contribution < 1.29 is 13.2 Å². The monoisotopic (exact) mass is 454 g/mol. The van der Waals surface area contributed by atoms with Crippen LogP contribution in [0.1, 0.15) is 48.8 Å². The minimum Gasteiger partial charge on any atom is -0.497 e.